The van der Waals surface area contributed by atoms with E-state index in [1.54, 1.807) is 0 Å². The van der Waals surface area contributed by atoms with Gasteiger partial charge in [0.05, 0.1) is 9.13 Å². The topological polar surface area (TPSA) is 119 Å². The highest BCUT2D eigenvalue weighted by molar-refractivity contribution is 14.1. The fourth-order valence-corrected chi connectivity index (χ4v) is 2.73. The van der Waals surface area contributed by atoms with Gasteiger partial charge in [-0.1, -0.05) is 6.58 Å². The number of hydrogen-bond donors (Lipinski definition) is 2. The van der Waals surface area contributed by atoms with Gasteiger partial charge < -0.3 is 24.4 Å². The molecule has 9 heteroatoms. The number of carbonyl (C=O) groups excluding carboxylic acids is 2. The number of rotatable bonds is 8. The minimum Gasteiger partial charge on any atom is -0.507 e. The highest BCUT2D eigenvalue weighted by Crippen LogP contribution is 2.25. The van der Waals surface area contributed by atoms with Gasteiger partial charge >= 0.3 is 17.9 Å². The second-order valence-electron chi connectivity index (χ2n) is 5.78. The third kappa shape index (κ3) is 6.21. The molecular weight excluding hydrogens is 495 g/mol. The molecule has 2 aromatic carbocycles. The number of carboxylic acids is 1. The summed E-state index contributed by atoms with van der Waals surface area (Å²) in [6, 6.07) is 8.13. The quantitative estimate of drug-likeness (QED) is 0.182. The number of ether oxygens (including phenoxy) is 3. The molecule has 0 aliphatic carbocycles. The second kappa shape index (κ2) is 9.92. The molecule has 2 rings (SSSR count). The fraction of sp³-hybridized carbons (Fsp3) is 0.150. The van der Waals surface area contributed by atoms with Gasteiger partial charge in [0.25, 0.3) is 0 Å². The van der Waals surface area contributed by atoms with Crippen LogP contribution in [0.15, 0.2) is 48.6 Å². The van der Waals surface area contributed by atoms with Crippen molar-refractivity contribution in [2.75, 3.05) is 13.2 Å². The molecule has 0 heterocycles. The van der Waals surface area contributed by atoms with Crippen molar-refractivity contribution in [3.63, 3.8) is 0 Å². The van der Waals surface area contributed by atoms with Crippen molar-refractivity contribution in [3.8, 4) is 17.2 Å². The van der Waals surface area contributed by atoms with Gasteiger partial charge in [0.15, 0.2) is 0 Å². The predicted octanol–water partition coefficient (Wildman–Crippen LogP) is 3.41. The van der Waals surface area contributed by atoms with Crippen LogP contribution >= 0.6 is 22.6 Å². The Bertz CT molecular complexity index is 967. The monoisotopic (exact) mass is 512 g/mol. The zero-order valence-electron chi connectivity index (χ0n) is 15.3. The number of phenolic OH excluding ortho intramolecular Hbond substituents is 1. The summed E-state index contributed by atoms with van der Waals surface area (Å²) in [5.74, 6) is -2.35. The smallest absolute Gasteiger partial charge is 0.342 e. The second-order valence-corrected chi connectivity index (χ2v) is 6.95. The van der Waals surface area contributed by atoms with Gasteiger partial charge in [-0.25, -0.2) is 14.4 Å². The summed E-state index contributed by atoms with van der Waals surface area (Å²) in [6.45, 7) is 4.87. The lowest BCUT2D eigenvalue weighted by molar-refractivity contribution is -0.130. The SMILES string of the molecule is C=C(C)C(=O)Oc1ccc(C(=O)OCCOc2ccc(C(=O)O)cc2I)c(O)c1. The molecule has 0 amide bonds. The zero-order valence-corrected chi connectivity index (χ0v) is 17.5. The van der Waals surface area contributed by atoms with Gasteiger partial charge in [-0.2, -0.15) is 0 Å². The lowest BCUT2D eigenvalue weighted by Gasteiger charge is -2.10. The van der Waals surface area contributed by atoms with Crippen molar-refractivity contribution in [1.29, 1.82) is 0 Å². The number of esters is 2. The van der Waals surface area contributed by atoms with Crippen molar-refractivity contribution in [3.05, 3.63) is 63.2 Å². The molecule has 0 aliphatic heterocycles. The highest BCUT2D eigenvalue weighted by atomic mass is 127. The largest absolute Gasteiger partial charge is 0.507 e. The van der Waals surface area contributed by atoms with Gasteiger partial charge in [0.2, 0.25) is 0 Å². The van der Waals surface area contributed by atoms with E-state index in [4.69, 9.17) is 19.3 Å². The Morgan fingerprint density at radius 1 is 1.10 bits per heavy atom. The first-order valence-electron chi connectivity index (χ1n) is 8.22. The molecule has 29 heavy (non-hydrogen) atoms. The van der Waals surface area contributed by atoms with Crippen LogP contribution in [0.3, 0.4) is 0 Å². The molecule has 0 atom stereocenters. The van der Waals surface area contributed by atoms with E-state index in [9.17, 15) is 19.5 Å². The van der Waals surface area contributed by atoms with Crippen LogP contribution in [0, 0.1) is 3.57 Å². The molecule has 0 aromatic heterocycles. The van der Waals surface area contributed by atoms with E-state index >= 15 is 0 Å². The molecule has 0 spiro atoms. The number of phenols is 1. The number of hydrogen-bond acceptors (Lipinski definition) is 7. The van der Waals surface area contributed by atoms with Gasteiger partial charge in [-0.15, -0.1) is 0 Å². The van der Waals surface area contributed by atoms with Crippen LogP contribution < -0.4 is 9.47 Å². The molecule has 0 radical (unpaired) electrons. The Labute approximate surface area is 179 Å². The molecule has 0 unspecified atom stereocenters. The van der Waals surface area contributed by atoms with Crippen LogP contribution in [0.1, 0.15) is 27.6 Å². The van der Waals surface area contributed by atoms with Crippen molar-refractivity contribution in [1.82, 2.24) is 0 Å². The molecular formula is C20H17IO8. The van der Waals surface area contributed by atoms with Crippen LogP contribution in [-0.2, 0) is 9.53 Å². The Balaban J connectivity index is 1.88. The molecule has 0 saturated carbocycles. The molecule has 0 saturated heterocycles. The van der Waals surface area contributed by atoms with E-state index in [0.29, 0.717) is 9.32 Å². The third-order valence-corrected chi connectivity index (χ3v) is 4.34. The number of aromatic hydroxyl groups is 1. The zero-order chi connectivity index (χ0) is 21.6. The maximum atomic E-state index is 12.1. The summed E-state index contributed by atoms with van der Waals surface area (Å²) in [5.41, 5.74) is 0.238. The molecule has 2 aromatic rings. The van der Waals surface area contributed by atoms with Gasteiger partial charge in [0.1, 0.15) is 36.0 Å². The maximum Gasteiger partial charge on any atom is 0.342 e. The van der Waals surface area contributed by atoms with Crippen LogP contribution in [0.4, 0.5) is 0 Å². The standard InChI is InChI=1S/C20H17IO8/c1-11(2)19(25)29-13-4-5-14(16(22)10-13)20(26)28-8-7-27-17-6-3-12(18(23)24)9-15(17)21/h3-6,9-10,22H,1,7-8H2,2H3,(H,23,24). The number of benzene rings is 2. The summed E-state index contributed by atoms with van der Waals surface area (Å²) in [5, 5.41) is 18.9. The first-order chi connectivity index (χ1) is 13.7. The van der Waals surface area contributed by atoms with Crippen LogP contribution in [0.25, 0.3) is 0 Å². The van der Waals surface area contributed by atoms with Gasteiger partial charge in [-0.3, -0.25) is 0 Å². The highest BCUT2D eigenvalue weighted by Gasteiger charge is 2.15. The van der Waals surface area contributed by atoms with Gasteiger partial charge in [0, 0.05) is 11.6 Å². The first kappa shape index (κ1) is 22.2. The van der Waals surface area contributed by atoms with Crippen molar-refractivity contribution < 1.29 is 38.8 Å². The van der Waals surface area contributed by atoms with E-state index < -0.39 is 23.7 Å². The maximum absolute atomic E-state index is 12.1. The average Bonchev–Trinajstić information content (AvgIpc) is 2.65. The van der Waals surface area contributed by atoms with Crippen molar-refractivity contribution in [2.45, 2.75) is 6.92 Å². The van der Waals surface area contributed by atoms with Crippen molar-refractivity contribution >= 4 is 40.5 Å². The minimum atomic E-state index is -1.04. The van der Waals surface area contributed by atoms with E-state index in [0.717, 1.165) is 6.07 Å². The number of aromatic carboxylic acids is 1. The minimum absolute atomic E-state index is 0.0310. The predicted molar refractivity (Wildman–Crippen MR) is 110 cm³/mol. The summed E-state index contributed by atoms with van der Waals surface area (Å²) in [7, 11) is 0. The Kier molecular flexibility index (Phi) is 7.59. The summed E-state index contributed by atoms with van der Waals surface area (Å²) in [6.07, 6.45) is 0. The number of halogens is 1. The first-order valence-corrected chi connectivity index (χ1v) is 9.30. The summed E-state index contributed by atoms with van der Waals surface area (Å²) >= 11 is 1.94. The fourth-order valence-electron chi connectivity index (χ4n) is 2.06. The van der Waals surface area contributed by atoms with E-state index in [2.05, 4.69) is 6.58 Å². The normalized spacial score (nSPS) is 10.1. The van der Waals surface area contributed by atoms with Crippen LogP contribution in [0.2, 0.25) is 0 Å². The van der Waals surface area contributed by atoms with E-state index in [1.165, 1.54) is 37.3 Å². The third-order valence-electron chi connectivity index (χ3n) is 3.50. The Hall–Kier alpha value is -3.08. The molecule has 8 nitrogen and oxygen atoms in total. The summed E-state index contributed by atoms with van der Waals surface area (Å²) in [4.78, 5) is 34.5. The summed E-state index contributed by atoms with van der Waals surface area (Å²) < 4.78 is 16.1. The molecule has 2 N–H and O–H groups in total. The molecule has 0 bridgehead atoms. The Morgan fingerprint density at radius 3 is 2.41 bits per heavy atom. The molecule has 0 fully saturated rings. The van der Waals surface area contributed by atoms with Gasteiger partial charge in [-0.05, 0) is 59.8 Å². The van der Waals surface area contributed by atoms with E-state index in [-0.39, 0.29) is 35.7 Å². The lowest BCUT2D eigenvalue weighted by atomic mass is 10.2. The van der Waals surface area contributed by atoms with Crippen LogP contribution in [0.5, 0.6) is 17.2 Å². The molecule has 152 valence electrons. The Morgan fingerprint density at radius 2 is 1.83 bits per heavy atom. The molecule has 0 aliphatic rings. The number of carbonyl (C=O) groups is 3. The average molecular weight is 512 g/mol. The van der Waals surface area contributed by atoms with E-state index in [1.807, 2.05) is 22.6 Å². The lowest BCUT2D eigenvalue weighted by Crippen LogP contribution is -2.13. The van der Waals surface area contributed by atoms with Crippen molar-refractivity contribution in [2.24, 2.45) is 0 Å². The number of carboxylic acid groups (broad SMARTS) is 1. The van der Waals surface area contributed by atoms with Crippen LogP contribution in [-0.4, -0.2) is 41.3 Å².